The summed E-state index contributed by atoms with van der Waals surface area (Å²) in [6.07, 6.45) is 0. The molecule has 0 N–H and O–H groups in total. The molecule has 0 aliphatic rings. The van der Waals surface area contributed by atoms with E-state index in [2.05, 4.69) is 23.3 Å². The van der Waals surface area contributed by atoms with Crippen molar-refractivity contribution < 1.29 is 65.4 Å². The summed E-state index contributed by atoms with van der Waals surface area (Å²) in [6.45, 7) is 0. The van der Waals surface area contributed by atoms with Gasteiger partial charge in [0.25, 0.3) is 0 Å². The molecule has 3 nitrogen and oxygen atoms in total. The first kappa shape index (κ1) is 19.0. The molecule has 92 valence electrons. The summed E-state index contributed by atoms with van der Waals surface area (Å²) >= 11 is 0. The maximum absolute atomic E-state index is 4.15. The van der Waals surface area contributed by atoms with E-state index in [0.717, 1.165) is 17.1 Å². The minimum absolute atomic E-state index is 0. The van der Waals surface area contributed by atoms with Crippen molar-refractivity contribution in [2.24, 2.45) is 10.2 Å². The first-order valence-corrected chi connectivity index (χ1v) is 5.28. The molecule has 0 unspecified atom stereocenters. The molecule has 2 rings (SSSR count). The van der Waals surface area contributed by atoms with Crippen molar-refractivity contribution in [1.82, 2.24) is 0 Å². The number of anilines is 1. The van der Waals surface area contributed by atoms with Crippen molar-refractivity contribution in [3.8, 4) is 0 Å². The van der Waals surface area contributed by atoms with E-state index in [1.807, 2.05) is 55.6 Å². The number of hydrogen-bond donors (Lipinski definition) is 0. The predicted molar refractivity (Wildman–Crippen MR) is 69.7 cm³/mol. The molecular weight excluding hydrogens is 388 g/mol. The third-order valence-corrected chi connectivity index (χ3v) is 2.27. The van der Waals surface area contributed by atoms with E-state index in [4.69, 9.17) is 0 Å². The van der Waals surface area contributed by atoms with Crippen molar-refractivity contribution in [3.05, 3.63) is 61.6 Å². The summed E-state index contributed by atoms with van der Waals surface area (Å²) in [4.78, 5) is 1.80. The van der Waals surface area contributed by atoms with Gasteiger partial charge in [-0.2, -0.15) is 28.4 Å². The molecule has 0 saturated heterocycles. The van der Waals surface area contributed by atoms with Gasteiger partial charge in [0.2, 0.25) is 0 Å². The van der Waals surface area contributed by atoms with Crippen molar-refractivity contribution in [1.29, 1.82) is 0 Å². The Bertz CT molecular complexity index is 496. The summed E-state index contributed by atoms with van der Waals surface area (Å²) in [5.74, 6) is 0. The first-order chi connectivity index (χ1) is 8.25. The molecule has 2 radical (unpaired) electrons. The maximum Gasteiger partial charge on any atom is 0.0857 e. The number of hydrogen-bond acceptors (Lipinski definition) is 3. The van der Waals surface area contributed by atoms with Gasteiger partial charge in [-0.25, -0.2) is 0 Å². The molecule has 19 heavy (non-hydrogen) atoms. The van der Waals surface area contributed by atoms with Gasteiger partial charge in [0.1, 0.15) is 0 Å². The Hall–Kier alpha value is 0.0478. The molecule has 5 heteroatoms. The third-order valence-electron chi connectivity index (χ3n) is 2.27. The molecule has 0 heterocycles. The van der Waals surface area contributed by atoms with Crippen LogP contribution >= 0.6 is 0 Å². The van der Waals surface area contributed by atoms with Gasteiger partial charge in [-0.05, 0) is 37.0 Å². The maximum atomic E-state index is 4.15. The van der Waals surface area contributed by atoms with Gasteiger partial charge in [0, 0.05) is 71.1 Å². The summed E-state index contributed by atoms with van der Waals surface area (Å²) in [5.41, 5.74) is 2.68. The van der Waals surface area contributed by atoms with Gasteiger partial charge >= 0.3 is 0 Å². The normalized spacial score (nSPS) is 9.58. The quantitative estimate of drug-likeness (QED) is 0.562. The predicted octanol–water partition coefficient (Wildman–Crippen LogP) is 4.12. The number of rotatable bonds is 3. The number of benzene rings is 2. The van der Waals surface area contributed by atoms with E-state index < -0.39 is 0 Å². The molecule has 0 atom stereocenters. The summed E-state index contributed by atoms with van der Waals surface area (Å²) in [5, 5.41) is 8.28. The standard InChI is InChI=1S/C14H13N3.2Y/c1-17(2)14-10-8-13(9-11-14)16-15-12-6-4-3-5-7-12;;/h4-11H,1H2,2H3;;/q-2;;. The zero-order valence-electron chi connectivity index (χ0n) is 10.8. The average molecular weight is 401 g/mol. The van der Waals surface area contributed by atoms with Gasteiger partial charge in [-0.3, -0.25) is 7.05 Å². The van der Waals surface area contributed by atoms with E-state index in [0.29, 0.717) is 0 Å². The van der Waals surface area contributed by atoms with Gasteiger partial charge in [-0.15, -0.1) is 12.1 Å². The van der Waals surface area contributed by atoms with Crippen molar-refractivity contribution in [3.63, 3.8) is 0 Å². The van der Waals surface area contributed by atoms with Gasteiger partial charge < -0.3 is 4.90 Å². The molecule has 2 aromatic rings. The van der Waals surface area contributed by atoms with Crippen LogP contribution in [0.4, 0.5) is 17.1 Å². The largest absolute Gasteiger partial charge is 0.528 e. The van der Waals surface area contributed by atoms with Crippen LogP contribution in [0.15, 0.2) is 58.8 Å². The van der Waals surface area contributed by atoms with Crippen molar-refractivity contribution >= 4 is 17.1 Å². The fraction of sp³-hybridized carbons (Fsp3) is 0.0714. The summed E-state index contributed by atoms with van der Waals surface area (Å²) in [6, 6.07) is 18.0. The Morgan fingerprint density at radius 2 is 1.37 bits per heavy atom. The molecule has 0 amide bonds. The Balaban J connectivity index is 0.00000162. The smallest absolute Gasteiger partial charge is 0.0857 e. The summed E-state index contributed by atoms with van der Waals surface area (Å²) in [7, 11) is 5.71. The van der Waals surface area contributed by atoms with Crippen LogP contribution in [0.2, 0.25) is 0 Å². The van der Waals surface area contributed by atoms with Gasteiger partial charge in [-0.1, -0.05) is 0 Å². The zero-order valence-corrected chi connectivity index (χ0v) is 16.5. The second kappa shape index (κ2) is 9.87. The Kier molecular flexibility index (Phi) is 9.90. The van der Waals surface area contributed by atoms with E-state index in [1.54, 1.807) is 4.90 Å². The molecule has 0 bridgehead atoms. The Labute approximate surface area is 164 Å². The Morgan fingerprint density at radius 3 is 1.84 bits per heavy atom. The molecule has 0 spiro atoms. The second-order valence-electron chi connectivity index (χ2n) is 3.67. The molecule has 2 aromatic carbocycles. The van der Waals surface area contributed by atoms with Crippen LogP contribution < -0.4 is 4.90 Å². The summed E-state index contributed by atoms with van der Waals surface area (Å²) < 4.78 is 0. The van der Waals surface area contributed by atoms with Gasteiger partial charge in [0.15, 0.2) is 0 Å². The first-order valence-electron chi connectivity index (χ1n) is 5.28. The topological polar surface area (TPSA) is 28.0 Å². The molecule has 0 aliphatic heterocycles. The fourth-order valence-corrected chi connectivity index (χ4v) is 1.33. The minimum atomic E-state index is 0. The van der Waals surface area contributed by atoms with Crippen LogP contribution in [0.1, 0.15) is 0 Å². The molecule has 0 aromatic heterocycles. The monoisotopic (exact) mass is 401 g/mol. The van der Waals surface area contributed by atoms with Crippen molar-refractivity contribution in [2.75, 3.05) is 11.9 Å². The molecule has 0 saturated carbocycles. The number of azo groups is 1. The van der Waals surface area contributed by atoms with Crippen LogP contribution in [0, 0.1) is 13.1 Å². The zero-order chi connectivity index (χ0) is 12.1. The van der Waals surface area contributed by atoms with E-state index in [1.165, 1.54) is 0 Å². The van der Waals surface area contributed by atoms with E-state index in [-0.39, 0.29) is 65.4 Å². The Morgan fingerprint density at radius 1 is 0.895 bits per heavy atom. The second-order valence-corrected chi connectivity index (χ2v) is 3.67. The van der Waals surface area contributed by atoms with Crippen LogP contribution in [0.3, 0.4) is 0 Å². The minimum Gasteiger partial charge on any atom is -0.528 e. The van der Waals surface area contributed by atoms with Crippen LogP contribution in [0.25, 0.3) is 0 Å². The van der Waals surface area contributed by atoms with E-state index in [9.17, 15) is 0 Å². The molecule has 0 aliphatic carbocycles. The van der Waals surface area contributed by atoms with Crippen molar-refractivity contribution in [2.45, 2.75) is 0 Å². The van der Waals surface area contributed by atoms with E-state index >= 15 is 0 Å². The molecular formula is C14H13N3Y2-2. The van der Waals surface area contributed by atoms with Crippen LogP contribution in [-0.4, -0.2) is 7.05 Å². The third kappa shape index (κ3) is 6.35. The molecule has 0 fully saturated rings. The number of nitrogens with zero attached hydrogens (tertiary/aromatic N) is 3. The average Bonchev–Trinajstić information content (AvgIpc) is 2.38. The van der Waals surface area contributed by atoms with Gasteiger partial charge in [0.05, 0.1) is 5.69 Å². The van der Waals surface area contributed by atoms with Crippen LogP contribution in [0.5, 0.6) is 0 Å². The van der Waals surface area contributed by atoms with Crippen LogP contribution in [-0.2, 0) is 65.4 Å². The SMILES string of the molecule is [CH2-]N(C)c1ccc(N=Nc2cc[c-]cc2)cc1.[Y].[Y]. The fourth-order valence-electron chi connectivity index (χ4n) is 1.33.